The summed E-state index contributed by atoms with van der Waals surface area (Å²) in [5, 5.41) is 2.13. The molecule has 0 spiro atoms. The van der Waals surface area contributed by atoms with Crippen molar-refractivity contribution in [1.82, 2.24) is 24.9 Å². The average Bonchev–Trinajstić information content (AvgIpc) is 3.29. The molecule has 5 heteroatoms. The zero-order valence-electron chi connectivity index (χ0n) is 30.3. The molecule has 0 saturated heterocycles. The molecular weight excluding hydrogens is 683 g/mol. The molecule has 10 rings (SSSR count). The van der Waals surface area contributed by atoms with Crippen molar-refractivity contribution in [2.45, 2.75) is 0 Å². The van der Waals surface area contributed by atoms with Crippen LogP contribution in [-0.2, 0) is 0 Å². The van der Waals surface area contributed by atoms with Crippen molar-refractivity contribution in [3.05, 3.63) is 200 Å². The minimum Gasteiger partial charge on any atom is -0.245 e. The van der Waals surface area contributed by atoms with Crippen molar-refractivity contribution in [3.8, 4) is 78.9 Å². The smallest absolute Gasteiger partial charge is 0.164 e. The van der Waals surface area contributed by atoms with Crippen molar-refractivity contribution in [3.63, 3.8) is 0 Å². The van der Waals surface area contributed by atoms with E-state index < -0.39 is 0 Å². The maximum Gasteiger partial charge on any atom is 0.164 e. The van der Waals surface area contributed by atoms with Crippen molar-refractivity contribution in [1.29, 1.82) is 0 Å². The summed E-state index contributed by atoms with van der Waals surface area (Å²) in [5.74, 6) is 1.91. The van der Waals surface area contributed by atoms with Gasteiger partial charge in [0.25, 0.3) is 0 Å². The van der Waals surface area contributed by atoms with Crippen LogP contribution in [0.2, 0.25) is 0 Å². The summed E-state index contributed by atoms with van der Waals surface area (Å²) in [6.45, 7) is 0. The summed E-state index contributed by atoms with van der Waals surface area (Å²) < 4.78 is 0. The van der Waals surface area contributed by atoms with Crippen LogP contribution in [0, 0.1) is 0 Å². The largest absolute Gasteiger partial charge is 0.245 e. The second-order valence-electron chi connectivity index (χ2n) is 13.7. The molecule has 0 aliphatic carbocycles. The second-order valence-corrected chi connectivity index (χ2v) is 13.7. The molecule has 7 aromatic carbocycles. The summed E-state index contributed by atoms with van der Waals surface area (Å²) in [6.07, 6.45) is 0. The van der Waals surface area contributed by atoms with Gasteiger partial charge in [-0.25, -0.2) is 24.9 Å². The Morgan fingerprint density at radius 3 is 1.32 bits per heavy atom. The molecule has 0 radical (unpaired) electrons. The van der Waals surface area contributed by atoms with Crippen LogP contribution < -0.4 is 0 Å². The first kappa shape index (κ1) is 33.0. The van der Waals surface area contributed by atoms with E-state index in [-0.39, 0.29) is 0 Å². The lowest BCUT2D eigenvalue weighted by molar-refractivity contribution is 1.07. The summed E-state index contributed by atoms with van der Waals surface area (Å²) in [4.78, 5) is 25.3. The van der Waals surface area contributed by atoms with Gasteiger partial charge in [-0.2, -0.15) is 0 Å². The van der Waals surface area contributed by atoms with Gasteiger partial charge in [0.15, 0.2) is 17.5 Å². The van der Waals surface area contributed by atoms with Gasteiger partial charge in [0, 0.05) is 38.6 Å². The van der Waals surface area contributed by atoms with Gasteiger partial charge in [0.05, 0.1) is 22.4 Å². The van der Waals surface area contributed by atoms with E-state index in [0.29, 0.717) is 17.5 Å². The molecule has 0 atom stereocenters. The summed E-state index contributed by atoms with van der Waals surface area (Å²) >= 11 is 0. The van der Waals surface area contributed by atoms with E-state index in [4.69, 9.17) is 24.9 Å². The first-order valence-corrected chi connectivity index (χ1v) is 18.7. The molecule has 0 aliphatic heterocycles. The molecular formula is C51H33N5. The Morgan fingerprint density at radius 1 is 0.250 bits per heavy atom. The third-order valence-electron chi connectivity index (χ3n) is 10.1. The maximum atomic E-state index is 5.36. The Bertz CT molecular complexity index is 2930. The van der Waals surface area contributed by atoms with Crippen molar-refractivity contribution >= 4 is 21.8 Å². The van der Waals surface area contributed by atoms with E-state index in [1.165, 1.54) is 0 Å². The number of benzene rings is 7. The fourth-order valence-corrected chi connectivity index (χ4v) is 7.25. The van der Waals surface area contributed by atoms with E-state index in [1.54, 1.807) is 0 Å². The minimum absolute atomic E-state index is 0.628. The minimum atomic E-state index is 0.628. The third kappa shape index (κ3) is 6.37. The Balaban J connectivity index is 1.06. The van der Waals surface area contributed by atoms with Crippen molar-refractivity contribution in [2.24, 2.45) is 0 Å². The highest BCUT2D eigenvalue weighted by atomic mass is 15.0. The number of nitrogens with zero attached hydrogens (tertiary/aromatic N) is 5. The SMILES string of the molecule is c1ccc(-c2ccc3ccc4c(-c5ccccc5)cc(-c5cccc(-c6ccc(-c7nc(-c8ccccc8)nc(-c8ccccc8)n7)cc6)c5)nc4c3n2)cc1. The van der Waals surface area contributed by atoms with Gasteiger partial charge in [0.1, 0.15) is 0 Å². The van der Waals surface area contributed by atoms with Crippen molar-refractivity contribution < 1.29 is 0 Å². The van der Waals surface area contributed by atoms with Gasteiger partial charge < -0.3 is 0 Å². The fourth-order valence-electron chi connectivity index (χ4n) is 7.25. The quantitative estimate of drug-likeness (QED) is 0.154. The molecule has 3 aromatic heterocycles. The van der Waals surface area contributed by atoms with Gasteiger partial charge in [-0.05, 0) is 40.5 Å². The van der Waals surface area contributed by atoms with Crippen LogP contribution >= 0.6 is 0 Å². The molecule has 5 nitrogen and oxygen atoms in total. The molecule has 0 saturated carbocycles. The highest BCUT2D eigenvalue weighted by Gasteiger charge is 2.16. The fraction of sp³-hybridized carbons (Fsp3) is 0. The summed E-state index contributed by atoms with van der Waals surface area (Å²) in [5.41, 5.74) is 12.9. The van der Waals surface area contributed by atoms with Crippen molar-refractivity contribution in [2.75, 3.05) is 0 Å². The topological polar surface area (TPSA) is 64.5 Å². The molecule has 0 bridgehead atoms. The van der Waals surface area contributed by atoms with E-state index in [0.717, 1.165) is 83.3 Å². The molecule has 0 unspecified atom stereocenters. The molecule has 0 N–H and O–H groups in total. The highest BCUT2D eigenvalue weighted by molar-refractivity contribution is 6.09. The lowest BCUT2D eigenvalue weighted by Gasteiger charge is -2.14. The predicted octanol–water partition coefficient (Wildman–Crippen LogP) is 12.6. The van der Waals surface area contributed by atoms with Crippen LogP contribution in [0.15, 0.2) is 200 Å². The first-order valence-electron chi connectivity index (χ1n) is 18.7. The van der Waals surface area contributed by atoms with Crippen LogP contribution in [-0.4, -0.2) is 24.9 Å². The van der Waals surface area contributed by atoms with Crippen LogP contribution in [0.4, 0.5) is 0 Å². The Kier molecular flexibility index (Phi) is 8.43. The van der Waals surface area contributed by atoms with Crippen LogP contribution in [0.25, 0.3) is 101 Å². The third-order valence-corrected chi connectivity index (χ3v) is 10.1. The molecule has 10 aromatic rings. The average molecular weight is 716 g/mol. The molecule has 0 fully saturated rings. The van der Waals surface area contributed by atoms with Gasteiger partial charge in [-0.1, -0.05) is 182 Å². The monoisotopic (exact) mass is 715 g/mol. The highest BCUT2D eigenvalue weighted by Crippen LogP contribution is 2.37. The van der Waals surface area contributed by atoms with Gasteiger partial charge in [0.2, 0.25) is 0 Å². The van der Waals surface area contributed by atoms with Gasteiger partial charge in [-0.15, -0.1) is 0 Å². The van der Waals surface area contributed by atoms with E-state index in [1.807, 2.05) is 78.9 Å². The lowest BCUT2D eigenvalue weighted by Crippen LogP contribution is -2.00. The number of hydrogen-bond donors (Lipinski definition) is 0. The molecule has 0 amide bonds. The molecule has 0 aliphatic rings. The molecule has 3 heterocycles. The Hall–Kier alpha value is -7.63. The number of hydrogen-bond acceptors (Lipinski definition) is 5. The zero-order chi connectivity index (χ0) is 37.3. The zero-order valence-corrected chi connectivity index (χ0v) is 30.3. The Labute approximate surface area is 324 Å². The molecule has 262 valence electrons. The van der Waals surface area contributed by atoms with Gasteiger partial charge in [-0.3, -0.25) is 0 Å². The van der Waals surface area contributed by atoms with Crippen LogP contribution in [0.1, 0.15) is 0 Å². The predicted molar refractivity (Wildman–Crippen MR) is 228 cm³/mol. The number of aromatic nitrogens is 5. The summed E-state index contributed by atoms with van der Waals surface area (Å²) in [6, 6.07) is 68.8. The number of pyridine rings is 2. The standard InChI is InChI=1S/C51H33N5/c1-5-14-35(15-6-1)44-33-46(53-48-43(44)30-28-37-29-31-45(52-47(37)48)36-16-7-2-8-17-36)42-23-13-22-41(32-42)34-24-26-40(27-25-34)51-55-49(38-18-9-3-10-19-38)54-50(56-51)39-20-11-4-12-21-39/h1-33H. The second kappa shape index (κ2) is 14.3. The normalized spacial score (nSPS) is 11.2. The Morgan fingerprint density at radius 2 is 0.714 bits per heavy atom. The summed E-state index contributed by atoms with van der Waals surface area (Å²) in [7, 11) is 0. The lowest BCUT2D eigenvalue weighted by atomic mass is 9.95. The first-order chi connectivity index (χ1) is 27.7. The number of fused-ring (bicyclic) bond motifs is 3. The maximum absolute atomic E-state index is 5.36. The molecule has 56 heavy (non-hydrogen) atoms. The number of rotatable bonds is 7. The van der Waals surface area contributed by atoms with E-state index in [9.17, 15) is 0 Å². The van der Waals surface area contributed by atoms with Crippen LogP contribution in [0.3, 0.4) is 0 Å². The van der Waals surface area contributed by atoms with Crippen LogP contribution in [0.5, 0.6) is 0 Å². The van der Waals surface area contributed by atoms with Gasteiger partial charge >= 0.3 is 0 Å². The van der Waals surface area contributed by atoms with E-state index >= 15 is 0 Å². The van der Waals surface area contributed by atoms with E-state index in [2.05, 4.69) is 121 Å².